The first-order chi connectivity index (χ1) is 14.7. The maximum absolute atomic E-state index is 13.0. The van der Waals surface area contributed by atoms with Gasteiger partial charge in [-0.2, -0.15) is 0 Å². The number of nitrogens with one attached hydrogen (secondary N) is 2. The molecule has 0 spiro atoms. The molecule has 1 aromatic rings. The summed E-state index contributed by atoms with van der Waals surface area (Å²) >= 11 is 0. The van der Waals surface area contributed by atoms with Crippen LogP contribution in [0.2, 0.25) is 0 Å². The van der Waals surface area contributed by atoms with Crippen LogP contribution in [0.5, 0.6) is 0 Å². The number of carbonyl (C=O) groups is 2. The van der Waals surface area contributed by atoms with Crippen molar-refractivity contribution < 1.29 is 9.59 Å². The predicted molar refractivity (Wildman–Crippen MR) is 129 cm³/mol. The summed E-state index contributed by atoms with van der Waals surface area (Å²) in [5.41, 5.74) is 4.33. The highest BCUT2D eigenvalue weighted by molar-refractivity contribution is 5.99. The number of rotatable bonds is 9. The van der Waals surface area contributed by atoms with E-state index in [0.717, 1.165) is 29.8 Å². The van der Waals surface area contributed by atoms with Gasteiger partial charge in [0.05, 0.1) is 0 Å². The van der Waals surface area contributed by atoms with Crippen LogP contribution in [0.1, 0.15) is 61.0 Å². The summed E-state index contributed by atoms with van der Waals surface area (Å²) in [5, 5.41) is 5.40. The van der Waals surface area contributed by atoms with Crippen LogP contribution in [0.4, 0.5) is 5.69 Å². The average Bonchev–Trinajstić information content (AvgIpc) is 2.78. The minimum atomic E-state index is -0.259. The van der Waals surface area contributed by atoms with Gasteiger partial charge in [0.2, 0.25) is 5.91 Å². The Kier molecular flexibility index (Phi) is 9.11. The van der Waals surface area contributed by atoms with E-state index in [-0.39, 0.29) is 18.4 Å². The monoisotopic (exact) mass is 428 g/mol. The third kappa shape index (κ3) is 6.10. The normalized spacial score (nSPS) is 18.5. The fraction of sp³-hybridized carbons (Fsp3) is 0.600. The third-order valence-electron chi connectivity index (χ3n) is 6.59. The summed E-state index contributed by atoms with van der Waals surface area (Å²) in [6.07, 6.45) is 5.61. The summed E-state index contributed by atoms with van der Waals surface area (Å²) in [6.45, 7) is 11.1. The molecular weight excluding hydrogens is 388 g/mol. The Bertz CT molecular complexity index is 795. The van der Waals surface area contributed by atoms with Crippen LogP contribution in [0.3, 0.4) is 0 Å². The fourth-order valence-electron chi connectivity index (χ4n) is 4.55. The van der Waals surface area contributed by atoms with Crippen LogP contribution in [0.15, 0.2) is 24.3 Å². The first kappa shape index (κ1) is 24.9. The summed E-state index contributed by atoms with van der Waals surface area (Å²) in [4.78, 5) is 29.5. The maximum Gasteiger partial charge on any atom is 0.251 e. The van der Waals surface area contributed by atoms with Crippen molar-refractivity contribution in [3.63, 3.8) is 0 Å². The molecule has 1 aromatic carbocycles. The quantitative estimate of drug-likeness (QED) is 0.593. The Labute approximate surface area is 188 Å². The Morgan fingerprint density at radius 3 is 2.23 bits per heavy atom. The fourth-order valence-corrected chi connectivity index (χ4v) is 4.55. The highest BCUT2D eigenvalue weighted by Crippen LogP contribution is 2.33. The van der Waals surface area contributed by atoms with Gasteiger partial charge in [-0.3, -0.25) is 9.59 Å². The molecule has 1 saturated carbocycles. The highest BCUT2D eigenvalue weighted by atomic mass is 16.2. The molecule has 2 N–H and O–H groups in total. The smallest absolute Gasteiger partial charge is 0.251 e. The SMILES string of the molecule is C=C(CNC(=O)c1cc(CC)cc(N(CC)C2CCC(N(C)C)CC2)c1C)C(=O)NC. The van der Waals surface area contributed by atoms with E-state index in [4.69, 9.17) is 0 Å². The van der Waals surface area contributed by atoms with Crippen molar-refractivity contribution in [2.45, 2.75) is 65.0 Å². The van der Waals surface area contributed by atoms with Gasteiger partial charge in [0, 0.05) is 49.0 Å². The molecule has 2 amide bonds. The lowest BCUT2D eigenvalue weighted by atomic mass is 9.88. The molecule has 0 radical (unpaired) electrons. The minimum absolute atomic E-state index is 0.135. The standard InChI is InChI=1S/C25H40N4O2/c1-8-19-14-22(25(31)27-16-17(3)24(30)26-5)18(4)23(15-19)29(9-2)21-12-10-20(11-13-21)28(6)7/h14-15,20-21H,3,8-13,16H2,1-2,4-7H3,(H,26,30)(H,27,31). The van der Waals surface area contributed by atoms with E-state index in [1.165, 1.54) is 25.7 Å². The number of aryl methyl sites for hydroxylation is 1. The Hall–Kier alpha value is -2.34. The molecule has 0 aromatic heterocycles. The number of amides is 2. The van der Waals surface area contributed by atoms with Gasteiger partial charge in [-0.15, -0.1) is 0 Å². The van der Waals surface area contributed by atoms with Crippen molar-refractivity contribution in [2.24, 2.45) is 0 Å². The van der Waals surface area contributed by atoms with E-state index < -0.39 is 0 Å². The van der Waals surface area contributed by atoms with Gasteiger partial charge < -0.3 is 20.4 Å². The number of carbonyl (C=O) groups excluding carboxylic acids is 2. The van der Waals surface area contributed by atoms with E-state index in [1.807, 2.05) is 13.0 Å². The van der Waals surface area contributed by atoms with E-state index in [1.54, 1.807) is 7.05 Å². The predicted octanol–water partition coefficient (Wildman–Crippen LogP) is 3.29. The van der Waals surface area contributed by atoms with Gasteiger partial charge in [-0.1, -0.05) is 13.5 Å². The molecule has 1 fully saturated rings. The molecule has 0 aliphatic heterocycles. The molecule has 6 nitrogen and oxygen atoms in total. The van der Waals surface area contributed by atoms with E-state index in [9.17, 15) is 9.59 Å². The van der Waals surface area contributed by atoms with Crippen LogP contribution in [-0.2, 0) is 11.2 Å². The number of hydrogen-bond acceptors (Lipinski definition) is 4. The largest absolute Gasteiger partial charge is 0.369 e. The number of anilines is 1. The molecule has 1 aliphatic carbocycles. The molecule has 2 rings (SSSR count). The molecule has 0 saturated heterocycles. The number of benzene rings is 1. The van der Waals surface area contributed by atoms with Gasteiger partial charge in [-0.05, 0) is 83.3 Å². The summed E-state index contributed by atoms with van der Waals surface area (Å²) in [7, 11) is 5.89. The maximum atomic E-state index is 13.0. The molecule has 6 heteroatoms. The van der Waals surface area contributed by atoms with Crippen molar-refractivity contribution in [1.82, 2.24) is 15.5 Å². The lowest BCUT2D eigenvalue weighted by Gasteiger charge is -2.40. The average molecular weight is 429 g/mol. The second kappa shape index (κ2) is 11.3. The zero-order chi connectivity index (χ0) is 23.1. The first-order valence-corrected chi connectivity index (χ1v) is 11.5. The van der Waals surface area contributed by atoms with Crippen LogP contribution in [-0.4, -0.2) is 63.0 Å². The second-order valence-electron chi connectivity index (χ2n) is 8.72. The van der Waals surface area contributed by atoms with E-state index in [0.29, 0.717) is 23.2 Å². The van der Waals surface area contributed by atoms with Crippen molar-refractivity contribution >= 4 is 17.5 Å². The lowest BCUT2D eigenvalue weighted by Crippen LogP contribution is -2.42. The molecule has 0 unspecified atom stereocenters. The summed E-state index contributed by atoms with van der Waals surface area (Å²) in [5.74, 6) is -0.419. The van der Waals surface area contributed by atoms with Crippen LogP contribution < -0.4 is 15.5 Å². The number of nitrogens with zero attached hydrogens (tertiary/aromatic N) is 2. The van der Waals surface area contributed by atoms with Crippen molar-refractivity contribution in [3.8, 4) is 0 Å². The zero-order valence-electron chi connectivity index (χ0n) is 20.2. The number of hydrogen-bond donors (Lipinski definition) is 2. The number of likely N-dealkylation sites (N-methyl/N-ethyl adjacent to an activating group) is 1. The van der Waals surface area contributed by atoms with Gasteiger partial charge in [-0.25, -0.2) is 0 Å². The third-order valence-corrected chi connectivity index (χ3v) is 6.59. The molecule has 0 bridgehead atoms. The van der Waals surface area contributed by atoms with Gasteiger partial charge >= 0.3 is 0 Å². The summed E-state index contributed by atoms with van der Waals surface area (Å²) < 4.78 is 0. The summed E-state index contributed by atoms with van der Waals surface area (Å²) in [6, 6.07) is 5.38. The van der Waals surface area contributed by atoms with Gasteiger partial charge in [0.1, 0.15) is 0 Å². The first-order valence-electron chi connectivity index (χ1n) is 11.5. The molecule has 31 heavy (non-hydrogen) atoms. The van der Waals surface area contributed by atoms with Gasteiger partial charge in [0.15, 0.2) is 0 Å². The second-order valence-corrected chi connectivity index (χ2v) is 8.72. The Morgan fingerprint density at radius 2 is 1.71 bits per heavy atom. The molecule has 172 valence electrons. The molecule has 1 aliphatic rings. The Morgan fingerprint density at radius 1 is 1.10 bits per heavy atom. The molecule has 0 heterocycles. The van der Waals surface area contributed by atoms with Crippen molar-refractivity contribution in [3.05, 3.63) is 41.0 Å². The molecule has 0 atom stereocenters. The minimum Gasteiger partial charge on any atom is -0.369 e. The zero-order valence-corrected chi connectivity index (χ0v) is 20.2. The topological polar surface area (TPSA) is 64.7 Å². The van der Waals surface area contributed by atoms with E-state index >= 15 is 0 Å². The highest BCUT2D eigenvalue weighted by Gasteiger charge is 2.28. The Balaban J connectivity index is 2.26. The van der Waals surface area contributed by atoms with Crippen LogP contribution in [0.25, 0.3) is 0 Å². The van der Waals surface area contributed by atoms with Crippen LogP contribution >= 0.6 is 0 Å². The van der Waals surface area contributed by atoms with Gasteiger partial charge in [0.25, 0.3) is 5.91 Å². The van der Waals surface area contributed by atoms with Crippen molar-refractivity contribution in [2.75, 3.05) is 39.1 Å². The van der Waals surface area contributed by atoms with Crippen molar-refractivity contribution in [1.29, 1.82) is 0 Å². The van der Waals surface area contributed by atoms with E-state index in [2.05, 4.69) is 61.0 Å². The lowest BCUT2D eigenvalue weighted by molar-refractivity contribution is -0.117. The molecular formula is C25H40N4O2. The van der Waals surface area contributed by atoms with Crippen LogP contribution in [0, 0.1) is 6.92 Å².